The van der Waals surface area contributed by atoms with Crippen LogP contribution in [0.2, 0.25) is 30.1 Å². The first-order valence-corrected chi connectivity index (χ1v) is 17.9. The van der Waals surface area contributed by atoms with Gasteiger partial charge in [-0.3, -0.25) is 0 Å². The molecule has 0 saturated heterocycles. The molecule has 9 rings (SSSR count). The highest BCUT2D eigenvalue weighted by Gasteiger charge is 2.20. The number of aromatic nitrogens is 9. The van der Waals surface area contributed by atoms with E-state index >= 15 is 0 Å². The second-order valence-electron chi connectivity index (χ2n) is 11.3. The Morgan fingerprint density at radius 1 is 0.389 bits per heavy atom. The van der Waals surface area contributed by atoms with Gasteiger partial charge in [-0.15, -0.1) is 14.5 Å². The van der Waals surface area contributed by atoms with Gasteiger partial charge in [-0.2, -0.15) is 0 Å². The van der Waals surface area contributed by atoms with Crippen molar-refractivity contribution < 1.29 is 14.5 Å². The van der Waals surface area contributed by atoms with Gasteiger partial charge in [-0.25, -0.2) is 0 Å². The summed E-state index contributed by atoms with van der Waals surface area (Å²) in [5, 5.41) is 52.0. The molecule has 270 valence electrons. The lowest BCUT2D eigenvalue weighted by atomic mass is 10.3. The molecule has 0 amide bonds. The van der Waals surface area contributed by atoms with E-state index in [4.69, 9.17) is 69.6 Å². The fourth-order valence-electron chi connectivity index (χ4n) is 5.24. The molecule has 0 saturated carbocycles. The Morgan fingerprint density at radius 2 is 0.759 bits per heavy atom. The van der Waals surface area contributed by atoms with Crippen molar-refractivity contribution in [3.05, 3.63) is 173 Å². The second-order valence-corrected chi connectivity index (χ2v) is 13.8. The molecule has 0 unspecified atom stereocenters. The Kier molecular flexibility index (Phi) is 10.7. The molecule has 0 aliphatic carbocycles. The first-order chi connectivity index (χ1) is 26.0. The van der Waals surface area contributed by atoms with Crippen LogP contribution in [0.3, 0.4) is 0 Å². The van der Waals surface area contributed by atoms with E-state index in [9.17, 15) is 15.6 Å². The molecule has 0 aliphatic rings. The van der Waals surface area contributed by atoms with Crippen LogP contribution >= 0.6 is 69.6 Å². The van der Waals surface area contributed by atoms with Gasteiger partial charge >= 0.3 is 0 Å². The molecule has 0 bridgehead atoms. The molecule has 54 heavy (non-hydrogen) atoms. The number of fused-ring (bicyclic) bond motifs is 3. The van der Waals surface area contributed by atoms with Gasteiger partial charge in [0.1, 0.15) is 17.1 Å². The minimum absolute atomic E-state index is 0.444. The van der Waals surface area contributed by atoms with Crippen LogP contribution in [0, 0.1) is 15.6 Å². The van der Waals surface area contributed by atoms with Crippen LogP contribution in [0.1, 0.15) is 0 Å². The van der Waals surface area contributed by atoms with Crippen LogP contribution < -0.4 is 14.5 Å². The van der Waals surface area contributed by atoms with Gasteiger partial charge in [0.15, 0.2) is 0 Å². The predicted molar refractivity (Wildman–Crippen MR) is 210 cm³/mol. The summed E-state index contributed by atoms with van der Waals surface area (Å²) >= 11 is 35.6. The van der Waals surface area contributed by atoms with Crippen LogP contribution in [-0.4, -0.2) is 29.7 Å². The van der Waals surface area contributed by atoms with Crippen molar-refractivity contribution in [1.82, 2.24) is 29.7 Å². The molecule has 0 atom stereocenters. The van der Waals surface area contributed by atoms with Gasteiger partial charge in [-0.05, 0) is 93.3 Å². The number of hydrogen-bond donors (Lipinski definition) is 0. The lowest BCUT2D eigenvalue weighted by molar-refractivity contribution is -0.664. The predicted octanol–water partition coefficient (Wildman–Crippen LogP) is 8.90. The number of benzene rings is 6. The summed E-state index contributed by atoms with van der Waals surface area (Å²) in [5.41, 5.74) is 4.60. The van der Waals surface area contributed by atoms with E-state index < -0.39 is 0 Å². The van der Waals surface area contributed by atoms with Crippen molar-refractivity contribution in [1.29, 1.82) is 0 Å². The molecule has 0 fully saturated rings. The van der Waals surface area contributed by atoms with Crippen LogP contribution in [0.15, 0.2) is 127 Å². The third-order valence-electron chi connectivity index (χ3n) is 7.73. The quantitative estimate of drug-likeness (QED) is 0.129. The Hall–Kier alpha value is -5.34. The first kappa shape index (κ1) is 37.0. The molecule has 3 aromatic heterocycles. The number of hydrogen-bond acceptors (Lipinski definition) is 6. The molecule has 3 heterocycles. The zero-order chi connectivity index (χ0) is 38.1. The molecule has 0 spiro atoms. The van der Waals surface area contributed by atoms with E-state index in [1.807, 2.05) is 0 Å². The largest absolute Gasteiger partial charge is 0.692 e. The average molecular weight is 840 g/mol. The zero-order valence-electron chi connectivity index (χ0n) is 27.1. The lowest BCUT2D eigenvalue weighted by Gasteiger charge is -2.04. The maximum absolute atomic E-state index is 12.1. The van der Waals surface area contributed by atoms with Crippen molar-refractivity contribution in [3.63, 3.8) is 0 Å². The summed E-state index contributed by atoms with van der Waals surface area (Å²) < 4.78 is 0. The third kappa shape index (κ3) is 7.53. The summed E-state index contributed by atoms with van der Waals surface area (Å²) in [5.74, 6) is 0. The minimum Gasteiger partial charge on any atom is -0.692 e. The number of halogens is 6. The summed E-state index contributed by atoms with van der Waals surface area (Å²) in [7, 11) is 0. The van der Waals surface area contributed by atoms with Crippen molar-refractivity contribution in [2.24, 2.45) is 0 Å². The average Bonchev–Trinajstić information content (AvgIpc) is 3.78. The molecule has 0 radical (unpaired) electrons. The highest BCUT2D eigenvalue weighted by Crippen LogP contribution is 2.23. The molecular weight excluding hydrogens is 819 g/mol. The molecule has 18 heteroatoms. The molecular formula is C36H21Cl6N9O3. The van der Waals surface area contributed by atoms with E-state index in [0.717, 1.165) is 0 Å². The Labute approximate surface area is 335 Å². The first-order valence-electron chi connectivity index (χ1n) is 15.6. The van der Waals surface area contributed by atoms with E-state index in [-0.39, 0.29) is 0 Å². The minimum atomic E-state index is 0.444. The van der Waals surface area contributed by atoms with E-state index in [0.29, 0.717) is 94.8 Å². The molecule has 0 N–H and O–H groups in total. The maximum Gasteiger partial charge on any atom is 0.251 e. The van der Waals surface area contributed by atoms with Gasteiger partial charge < -0.3 is 15.6 Å². The van der Waals surface area contributed by atoms with E-state index in [1.54, 1.807) is 127 Å². The molecule has 6 aromatic carbocycles. The van der Waals surface area contributed by atoms with Crippen LogP contribution in [0.4, 0.5) is 0 Å². The topological polar surface area (TPSA) is 134 Å². The van der Waals surface area contributed by atoms with Gasteiger partial charge in [0.2, 0.25) is 16.6 Å². The van der Waals surface area contributed by atoms with Crippen molar-refractivity contribution in [2.45, 2.75) is 0 Å². The Bertz CT molecular complexity index is 2700. The van der Waals surface area contributed by atoms with Crippen LogP contribution in [0.25, 0.3) is 50.2 Å². The second kappa shape index (κ2) is 15.6. The normalized spacial score (nSPS) is 11.0. The highest BCUT2D eigenvalue weighted by atomic mass is 35.5. The SMILES string of the molecule is [O-][n+]1c2ccc(Cl)cc2nn1-c1cccc(Cl)c1.[O-][n+]1c2ccc(Cl)cc2nn1-c1ccccc1Cl.[O-][n+]1c2ccc(Cl)cc2nn1-c1ccccc1Cl. The highest BCUT2D eigenvalue weighted by molar-refractivity contribution is 6.33. The zero-order valence-corrected chi connectivity index (χ0v) is 31.7. The van der Waals surface area contributed by atoms with Crippen LogP contribution in [-0.2, 0) is 0 Å². The smallest absolute Gasteiger partial charge is 0.251 e. The van der Waals surface area contributed by atoms with Crippen molar-refractivity contribution in [2.75, 3.05) is 0 Å². The van der Waals surface area contributed by atoms with E-state index in [2.05, 4.69) is 15.3 Å². The molecule has 0 aliphatic heterocycles. The van der Waals surface area contributed by atoms with Crippen LogP contribution in [0.5, 0.6) is 0 Å². The third-order valence-corrected chi connectivity index (χ3v) is 9.31. The fraction of sp³-hybridized carbons (Fsp3) is 0. The standard InChI is InChI=1S/3C12H7Cl2N3O/c13-8-2-1-3-10(6-8)16-15-11-7-9(14)4-5-12(11)17(16)18;2*13-8-5-6-12-10(7-8)15-16(17(12)18)11-4-2-1-3-9(11)14/h3*1-7H. The van der Waals surface area contributed by atoms with Crippen molar-refractivity contribution in [3.8, 4) is 17.1 Å². The summed E-state index contributed by atoms with van der Waals surface area (Å²) in [6.45, 7) is 0. The summed E-state index contributed by atoms with van der Waals surface area (Å²) in [4.78, 5) is 5.75. The fourth-order valence-corrected chi connectivity index (χ4v) is 6.35. The van der Waals surface area contributed by atoms with Gasteiger partial charge in [0.05, 0.1) is 25.3 Å². The number of rotatable bonds is 3. The molecule has 12 nitrogen and oxygen atoms in total. The monoisotopic (exact) mass is 837 g/mol. The summed E-state index contributed by atoms with van der Waals surface area (Å²) in [6.07, 6.45) is 0. The van der Waals surface area contributed by atoms with Crippen molar-refractivity contribution >= 4 is 103 Å². The molecule has 9 aromatic rings. The van der Waals surface area contributed by atoms with E-state index in [1.165, 1.54) is 14.4 Å². The Morgan fingerprint density at radius 3 is 1.17 bits per heavy atom. The van der Waals surface area contributed by atoms with Gasteiger partial charge in [0.25, 0.3) is 16.6 Å². The number of nitrogens with zero attached hydrogens (tertiary/aromatic N) is 9. The lowest BCUT2D eigenvalue weighted by Crippen LogP contribution is -2.37. The summed E-state index contributed by atoms with van der Waals surface area (Å²) in [6, 6.07) is 35.7. The number of para-hydroxylation sites is 2. The van der Waals surface area contributed by atoms with Gasteiger partial charge in [0, 0.05) is 38.3 Å². The Balaban J connectivity index is 0.000000125. The van der Waals surface area contributed by atoms with Gasteiger partial charge in [-0.1, -0.05) is 99.9 Å². The maximum atomic E-state index is 12.1.